The Kier molecular flexibility index (Phi) is 4.26. The van der Waals surface area contributed by atoms with E-state index in [1.807, 2.05) is 0 Å². The summed E-state index contributed by atoms with van der Waals surface area (Å²) in [5.74, 6) is 0. The van der Waals surface area contributed by atoms with Crippen LogP contribution in [-0.4, -0.2) is 27.7 Å². The molecule has 0 aromatic heterocycles. The average molecular weight is 335 g/mol. The van der Waals surface area contributed by atoms with E-state index in [1.54, 1.807) is 6.07 Å². The predicted molar refractivity (Wildman–Crippen MR) is 72.7 cm³/mol. The van der Waals surface area contributed by atoms with Gasteiger partial charge in [0, 0.05) is 22.8 Å². The van der Waals surface area contributed by atoms with Crippen molar-refractivity contribution in [3.05, 3.63) is 22.7 Å². The summed E-state index contributed by atoms with van der Waals surface area (Å²) in [6.45, 7) is 1.12. The van der Waals surface area contributed by atoms with Crippen molar-refractivity contribution in [3.63, 3.8) is 0 Å². The van der Waals surface area contributed by atoms with Gasteiger partial charge in [-0.3, -0.25) is 0 Å². The first kappa shape index (κ1) is 13.8. The number of ether oxygens (including phenoxy) is 1. The number of hydrogen-bond acceptors (Lipinski definition) is 4. The van der Waals surface area contributed by atoms with Crippen LogP contribution in [0, 0.1) is 0 Å². The van der Waals surface area contributed by atoms with Crippen molar-refractivity contribution in [3.8, 4) is 0 Å². The van der Waals surface area contributed by atoms with Gasteiger partial charge in [-0.2, -0.15) is 0 Å². The number of rotatable bonds is 3. The molecule has 1 fully saturated rings. The summed E-state index contributed by atoms with van der Waals surface area (Å²) in [4.78, 5) is 0.175. The van der Waals surface area contributed by atoms with Gasteiger partial charge in [0.05, 0.1) is 11.5 Å². The highest BCUT2D eigenvalue weighted by molar-refractivity contribution is 9.10. The molecule has 1 aromatic carbocycles. The molecule has 5 nitrogen and oxygen atoms in total. The molecule has 3 N–H and O–H groups in total. The molecule has 100 valence electrons. The monoisotopic (exact) mass is 334 g/mol. The predicted octanol–water partition coefficient (Wildman–Crippen LogP) is 1.49. The molecule has 0 amide bonds. The topological polar surface area (TPSA) is 81.4 Å². The highest BCUT2D eigenvalue weighted by Crippen LogP contribution is 2.23. The lowest BCUT2D eigenvalue weighted by atomic mass is 10.1. The lowest BCUT2D eigenvalue weighted by Gasteiger charge is -2.23. The Hall–Kier alpha value is -0.630. The van der Waals surface area contributed by atoms with Crippen LogP contribution in [0.1, 0.15) is 12.8 Å². The summed E-state index contributed by atoms with van der Waals surface area (Å²) in [6.07, 6.45) is 1.67. The molecule has 1 unspecified atom stereocenters. The molecule has 0 bridgehead atoms. The Labute approximate surface area is 115 Å². The van der Waals surface area contributed by atoms with Gasteiger partial charge in [0.1, 0.15) is 0 Å². The maximum Gasteiger partial charge on any atom is 0.240 e. The van der Waals surface area contributed by atoms with Crippen molar-refractivity contribution in [1.82, 2.24) is 4.72 Å². The van der Waals surface area contributed by atoms with E-state index in [4.69, 9.17) is 10.5 Å². The third-order valence-electron chi connectivity index (χ3n) is 2.76. The van der Waals surface area contributed by atoms with Crippen LogP contribution in [0.15, 0.2) is 27.6 Å². The second-order valence-corrected chi connectivity index (χ2v) is 6.79. The number of nitrogens with one attached hydrogen (secondary N) is 1. The van der Waals surface area contributed by atoms with Gasteiger partial charge in [-0.05, 0) is 47.0 Å². The molecule has 1 atom stereocenters. The van der Waals surface area contributed by atoms with E-state index < -0.39 is 10.0 Å². The molecular formula is C11H15BrN2O3S. The number of nitrogen functional groups attached to an aromatic ring is 1. The second-order valence-electron chi connectivity index (χ2n) is 4.22. The molecule has 1 aliphatic heterocycles. The lowest BCUT2D eigenvalue weighted by molar-refractivity contribution is 0.0774. The molecular weight excluding hydrogens is 320 g/mol. The minimum atomic E-state index is -3.53. The highest BCUT2D eigenvalue weighted by Gasteiger charge is 2.22. The van der Waals surface area contributed by atoms with Gasteiger partial charge >= 0.3 is 0 Å². The molecule has 0 radical (unpaired) electrons. The van der Waals surface area contributed by atoms with Gasteiger partial charge in [-0.25, -0.2) is 13.1 Å². The van der Waals surface area contributed by atoms with Crippen LogP contribution in [0.25, 0.3) is 0 Å². The van der Waals surface area contributed by atoms with E-state index in [1.165, 1.54) is 12.1 Å². The zero-order chi connectivity index (χ0) is 13.2. The average Bonchev–Trinajstić information content (AvgIpc) is 2.33. The first-order valence-corrected chi connectivity index (χ1v) is 7.92. The zero-order valence-corrected chi connectivity index (χ0v) is 12.1. The summed E-state index contributed by atoms with van der Waals surface area (Å²) < 4.78 is 32.8. The quantitative estimate of drug-likeness (QED) is 0.820. The van der Waals surface area contributed by atoms with Crippen LogP contribution in [0.5, 0.6) is 0 Å². The minimum Gasteiger partial charge on any atom is -0.398 e. The lowest BCUT2D eigenvalue weighted by Crippen LogP contribution is -2.40. The van der Waals surface area contributed by atoms with Crippen molar-refractivity contribution in [1.29, 1.82) is 0 Å². The summed E-state index contributed by atoms with van der Waals surface area (Å²) in [5.41, 5.74) is 6.09. The highest BCUT2D eigenvalue weighted by atomic mass is 79.9. The van der Waals surface area contributed by atoms with Crippen LogP contribution in [0.2, 0.25) is 0 Å². The standard InChI is InChI=1S/C11H15BrN2O3S/c12-10-4-3-9(6-11(10)13)18(15,16)14-8-2-1-5-17-7-8/h3-4,6,8,14H,1-2,5,7,13H2. The molecule has 1 aliphatic rings. The van der Waals surface area contributed by atoms with Crippen molar-refractivity contribution in [2.45, 2.75) is 23.8 Å². The van der Waals surface area contributed by atoms with Gasteiger partial charge in [0.15, 0.2) is 0 Å². The molecule has 1 aromatic rings. The molecule has 1 saturated heterocycles. The molecule has 1 heterocycles. The molecule has 18 heavy (non-hydrogen) atoms. The van der Waals surface area contributed by atoms with E-state index in [-0.39, 0.29) is 10.9 Å². The largest absolute Gasteiger partial charge is 0.398 e. The van der Waals surface area contributed by atoms with Crippen molar-refractivity contribution in [2.24, 2.45) is 0 Å². The first-order chi connectivity index (χ1) is 8.49. The normalized spacial score (nSPS) is 20.8. The maximum atomic E-state index is 12.1. The fourth-order valence-electron chi connectivity index (χ4n) is 1.81. The third kappa shape index (κ3) is 3.23. The van der Waals surface area contributed by atoms with Gasteiger partial charge < -0.3 is 10.5 Å². The number of nitrogens with two attached hydrogens (primary N) is 1. The van der Waals surface area contributed by atoms with Crippen LogP contribution in [0.4, 0.5) is 5.69 Å². The smallest absolute Gasteiger partial charge is 0.240 e. The van der Waals surface area contributed by atoms with E-state index in [2.05, 4.69) is 20.7 Å². The Morgan fingerprint density at radius 1 is 1.44 bits per heavy atom. The van der Waals surface area contributed by atoms with Gasteiger partial charge in [0.25, 0.3) is 0 Å². The van der Waals surface area contributed by atoms with Gasteiger partial charge in [0.2, 0.25) is 10.0 Å². The second kappa shape index (κ2) is 5.56. The number of sulfonamides is 1. The van der Waals surface area contributed by atoms with Crippen LogP contribution in [-0.2, 0) is 14.8 Å². The summed E-state index contributed by atoms with van der Waals surface area (Å²) in [7, 11) is -3.53. The number of hydrogen-bond donors (Lipinski definition) is 2. The third-order valence-corrected chi connectivity index (χ3v) is 5.00. The van der Waals surface area contributed by atoms with Crippen LogP contribution < -0.4 is 10.5 Å². The van der Waals surface area contributed by atoms with Crippen LogP contribution in [0.3, 0.4) is 0 Å². The van der Waals surface area contributed by atoms with E-state index in [0.29, 0.717) is 23.4 Å². The van der Waals surface area contributed by atoms with Crippen molar-refractivity contribution < 1.29 is 13.2 Å². The Balaban J connectivity index is 2.16. The fraction of sp³-hybridized carbons (Fsp3) is 0.455. The van der Waals surface area contributed by atoms with Crippen LogP contribution >= 0.6 is 15.9 Å². The van der Waals surface area contributed by atoms with Gasteiger partial charge in [-0.15, -0.1) is 0 Å². The van der Waals surface area contributed by atoms with Crippen molar-refractivity contribution >= 4 is 31.6 Å². The summed E-state index contributed by atoms with van der Waals surface area (Å²) in [6, 6.07) is 4.43. The Morgan fingerprint density at radius 3 is 2.83 bits per heavy atom. The van der Waals surface area contributed by atoms with E-state index in [9.17, 15) is 8.42 Å². The van der Waals surface area contributed by atoms with E-state index in [0.717, 1.165) is 12.8 Å². The Morgan fingerprint density at radius 2 is 2.22 bits per heavy atom. The molecule has 7 heteroatoms. The molecule has 0 aliphatic carbocycles. The molecule has 0 spiro atoms. The number of benzene rings is 1. The maximum absolute atomic E-state index is 12.1. The molecule has 2 rings (SSSR count). The minimum absolute atomic E-state index is 0.159. The fourth-order valence-corrected chi connectivity index (χ4v) is 3.35. The SMILES string of the molecule is Nc1cc(S(=O)(=O)NC2CCCOC2)ccc1Br. The molecule has 0 saturated carbocycles. The Bertz CT molecular complexity index is 527. The van der Waals surface area contributed by atoms with Crippen molar-refractivity contribution in [2.75, 3.05) is 18.9 Å². The van der Waals surface area contributed by atoms with Gasteiger partial charge in [-0.1, -0.05) is 0 Å². The summed E-state index contributed by atoms with van der Waals surface area (Å²) in [5, 5.41) is 0. The summed E-state index contributed by atoms with van der Waals surface area (Å²) >= 11 is 3.23. The number of anilines is 1. The first-order valence-electron chi connectivity index (χ1n) is 5.64. The number of halogens is 1. The zero-order valence-electron chi connectivity index (χ0n) is 9.73. The van der Waals surface area contributed by atoms with E-state index >= 15 is 0 Å².